The maximum atomic E-state index is 4.87. The van der Waals surface area contributed by atoms with Gasteiger partial charge in [0.25, 0.3) is 0 Å². The third kappa shape index (κ3) is 4.52. The minimum absolute atomic E-state index is 0.451. The van der Waals surface area contributed by atoms with Crippen LogP contribution in [0.15, 0.2) is 65.1 Å². The van der Waals surface area contributed by atoms with Crippen molar-refractivity contribution in [2.45, 2.75) is 56.5 Å². The van der Waals surface area contributed by atoms with Crippen molar-refractivity contribution in [2.75, 3.05) is 0 Å². The van der Waals surface area contributed by atoms with E-state index in [4.69, 9.17) is 4.98 Å². The fourth-order valence-electron chi connectivity index (χ4n) is 4.56. The lowest BCUT2D eigenvalue weighted by molar-refractivity contribution is 0.247. The molecule has 6 heteroatoms. The van der Waals surface area contributed by atoms with Gasteiger partial charge in [-0.1, -0.05) is 85.6 Å². The first-order valence-electron chi connectivity index (χ1n) is 11.3. The molecule has 0 saturated heterocycles. The Hall–Kier alpha value is -2.44. The highest BCUT2D eigenvalue weighted by Crippen LogP contribution is 2.39. The SMILES string of the molecule is Cc1cccc(-c2nnc(SCc3csc(-c4ccccc4)n3)n2C2CCCCC2C)c1. The average Bonchev–Trinajstić information content (AvgIpc) is 3.46. The fourth-order valence-corrected chi connectivity index (χ4v) is 6.38. The minimum atomic E-state index is 0.451. The van der Waals surface area contributed by atoms with E-state index in [1.165, 1.54) is 36.8 Å². The summed E-state index contributed by atoms with van der Waals surface area (Å²) < 4.78 is 2.42. The van der Waals surface area contributed by atoms with Crippen molar-refractivity contribution in [3.05, 3.63) is 71.2 Å². The van der Waals surface area contributed by atoms with Crippen molar-refractivity contribution < 1.29 is 0 Å². The number of nitrogens with zero attached hydrogens (tertiary/aromatic N) is 4. The molecule has 1 aliphatic carbocycles. The van der Waals surface area contributed by atoms with Gasteiger partial charge in [-0.15, -0.1) is 21.5 Å². The molecule has 5 rings (SSSR count). The van der Waals surface area contributed by atoms with Crippen molar-refractivity contribution >= 4 is 23.1 Å². The van der Waals surface area contributed by atoms with E-state index in [-0.39, 0.29) is 0 Å². The molecule has 2 atom stereocenters. The van der Waals surface area contributed by atoms with Crippen LogP contribution in [0.5, 0.6) is 0 Å². The zero-order valence-electron chi connectivity index (χ0n) is 18.6. The van der Waals surface area contributed by atoms with Crippen LogP contribution in [-0.2, 0) is 5.75 Å². The first kappa shape index (κ1) is 21.4. The molecule has 2 heterocycles. The Labute approximate surface area is 198 Å². The highest BCUT2D eigenvalue weighted by Gasteiger charge is 2.28. The van der Waals surface area contributed by atoms with Crippen LogP contribution >= 0.6 is 23.1 Å². The maximum absolute atomic E-state index is 4.87. The van der Waals surface area contributed by atoms with E-state index in [2.05, 4.69) is 82.5 Å². The number of thioether (sulfide) groups is 1. The molecule has 0 bridgehead atoms. The van der Waals surface area contributed by atoms with Crippen molar-refractivity contribution in [1.82, 2.24) is 19.7 Å². The second-order valence-corrected chi connectivity index (χ2v) is 10.5. The van der Waals surface area contributed by atoms with E-state index < -0.39 is 0 Å². The Bertz CT molecular complexity index is 1180. The Kier molecular flexibility index (Phi) is 6.42. The molecule has 164 valence electrons. The molecule has 4 nitrogen and oxygen atoms in total. The summed E-state index contributed by atoms with van der Waals surface area (Å²) in [5.41, 5.74) is 4.68. The fraction of sp³-hybridized carbons (Fsp3) is 0.346. The topological polar surface area (TPSA) is 43.6 Å². The van der Waals surface area contributed by atoms with E-state index in [0.29, 0.717) is 12.0 Å². The highest BCUT2D eigenvalue weighted by molar-refractivity contribution is 7.98. The Morgan fingerprint density at radius 3 is 2.62 bits per heavy atom. The molecule has 1 saturated carbocycles. The van der Waals surface area contributed by atoms with Gasteiger partial charge in [0.05, 0.1) is 5.69 Å². The van der Waals surface area contributed by atoms with Gasteiger partial charge in [0.2, 0.25) is 0 Å². The second kappa shape index (κ2) is 9.59. The van der Waals surface area contributed by atoms with Gasteiger partial charge < -0.3 is 0 Å². The van der Waals surface area contributed by atoms with E-state index in [1.807, 2.05) is 6.07 Å². The number of aryl methyl sites for hydroxylation is 1. The summed E-state index contributed by atoms with van der Waals surface area (Å²) in [6.07, 6.45) is 5.06. The van der Waals surface area contributed by atoms with Crippen LogP contribution in [0.4, 0.5) is 0 Å². The molecular weight excluding hydrogens is 432 g/mol. The summed E-state index contributed by atoms with van der Waals surface area (Å²) in [7, 11) is 0. The van der Waals surface area contributed by atoms with E-state index in [1.54, 1.807) is 23.1 Å². The van der Waals surface area contributed by atoms with Crippen LogP contribution in [-0.4, -0.2) is 19.7 Å². The van der Waals surface area contributed by atoms with Gasteiger partial charge in [0.1, 0.15) is 5.01 Å². The summed E-state index contributed by atoms with van der Waals surface area (Å²) in [6, 6.07) is 19.5. The van der Waals surface area contributed by atoms with Crippen LogP contribution in [0.3, 0.4) is 0 Å². The number of hydrogen-bond acceptors (Lipinski definition) is 5. The molecule has 0 radical (unpaired) electrons. The zero-order chi connectivity index (χ0) is 21.9. The molecule has 0 aliphatic heterocycles. The van der Waals surface area contributed by atoms with Crippen LogP contribution < -0.4 is 0 Å². The van der Waals surface area contributed by atoms with Gasteiger partial charge in [-0.05, 0) is 31.7 Å². The Morgan fingerprint density at radius 2 is 1.81 bits per heavy atom. The molecule has 32 heavy (non-hydrogen) atoms. The van der Waals surface area contributed by atoms with Gasteiger partial charge in [-0.3, -0.25) is 4.57 Å². The van der Waals surface area contributed by atoms with Gasteiger partial charge >= 0.3 is 0 Å². The smallest absolute Gasteiger partial charge is 0.192 e. The van der Waals surface area contributed by atoms with Crippen LogP contribution in [0.2, 0.25) is 0 Å². The van der Waals surface area contributed by atoms with Crippen LogP contribution in [0.1, 0.15) is 49.9 Å². The van der Waals surface area contributed by atoms with E-state index in [9.17, 15) is 0 Å². The van der Waals surface area contributed by atoms with Crippen molar-refractivity contribution in [3.8, 4) is 22.0 Å². The summed E-state index contributed by atoms with van der Waals surface area (Å²) in [5, 5.41) is 13.6. The molecule has 1 aliphatic rings. The first-order valence-corrected chi connectivity index (χ1v) is 13.2. The third-order valence-electron chi connectivity index (χ3n) is 6.26. The summed E-state index contributed by atoms with van der Waals surface area (Å²) in [4.78, 5) is 4.87. The Balaban J connectivity index is 1.43. The molecule has 2 unspecified atom stereocenters. The number of hydrogen-bond donors (Lipinski definition) is 0. The van der Waals surface area contributed by atoms with Crippen molar-refractivity contribution in [2.24, 2.45) is 5.92 Å². The normalized spacial score (nSPS) is 18.7. The molecule has 1 fully saturated rings. The van der Waals surface area contributed by atoms with Crippen molar-refractivity contribution in [1.29, 1.82) is 0 Å². The van der Waals surface area contributed by atoms with Gasteiger partial charge in [0.15, 0.2) is 11.0 Å². The summed E-state index contributed by atoms with van der Waals surface area (Å²) in [6.45, 7) is 4.51. The molecule has 0 amide bonds. The lowest BCUT2D eigenvalue weighted by atomic mass is 9.85. The second-order valence-electron chi connectivity index (χ2n) is 8.67. The standard InChI is InChI=1S/C26H28N4S2/c1-18-9-8-13-21(15-18)24-28-29-26(30(24)23-14-7-6-10-19(23)2)32-17-22-16-31-25(27-22)20-11-4-3-5-12-20/h3-5,8-9,11-13,15-16,19,23H,6-7,10,14,17H2,1-2H3. The van der Waals surface area contributed by atoms with E-state index in [0.717, 1.165) is 33.0 Å². The Morgan fingerprint density at radius 1 is 1.00 bits per heavy atom. The zero-order valence-corrected chi connectivity index (χ0v) is 20.2. The molecule has 0 N–H and O–H groups in total. The number of rotatable bonds is 6. The largest absolute Gasteiger partial charge is 0.299 e. The first-order chi connectivity index (χ1) is 15.7. The van der Waals surface area contributed by atoms with Gasteiger partial charge in [0, 0.05) is 28.3 Å². The number of thiazole rings is 1. The molecule has 0 spiro atoms. The number of benzene rings is 2. The monoisotopic (exact) mass is 460 g/mol. The van der Waals surface area contributed by atoms with E-state index >= 15 is 0 Å². The molecule has 4 aromatic rings. The highest BCUT2D eigenvalue weighted by atomic mass is 32.2. The van der Waals surface area contributed by atoms with Crippen LogP contribution in [0.25, 0.3) is 22.0 Å². The lowest BCUT2D eigenvalue weighted by Gasteiger charge is -2.31. The summed E-state index contributed by atoms with van der Waals surface area (Å²) in [5.74, 6) is 2.43. The average molecular weight is 461 g/mol. The third-order valence-corrected chi connectivity index (χ3v) is 8.18. The summed E-state index contributed by atoms with van der Waals surface area (Å²) >= 11 is 3.46. The predicted octanol–water partition coefficient (Wildman–Crippen LogP) is 7.42. The number of aromatic nitrogens is 4. The molecular formula is C26H28N4S2. The minimum Gasteiger partial charge on any atom is -0.299 e. The van der Waals surface area contributed by atoms with Crippen LogP contribution in [0, 0.1) is 12.8 Å². The quantitative estimate of drug-likeness (QED) is 0.281. The predicted molar refractivity (Wildman–Crippen MR) is 134 cm³/mol. The van der Waals surface area contributed by atoms with Gasteiger partial charge in [-0.2, -0.15) is 0 Å². The maximum Gasteiger partial charge on any atom is 0.192 e. The lowest BCUT2D eigenvalue weighted by Crippen LogP contribution is -2.22. The molecule has 2 aromatic carbocycles. The van der Waals surface area contributed by atoms with Gasteiger partial charge in [-0.25, -0.2) is 4.98 Å². The molecule has 2 aromatic heterocycles. The van der Waals surface area contributed by atoms with Crippen molar-refractivity contribution in [3.63, 3.8) is 0 Å².